The summed E-state index contributed by atoms with van der Waals surface area (Å²) in [6, 6.07) is 0. The molecular formula is C12H20N4. The van der Waals surface area contributed by atoms with Crippen LogP contribution in [0.25, 0.3) is 0 Å². The van der Waals surface area contributed by atoms with Crippen LogP contribution in [0.2, 0.25) is 0 Å². The normalized spacial score (nSPS) is 18.1. The molecule has 0 unspecified atom stereocenters. The number of hydrogen-bond donors (Lipinski definition) is 0. The highest BCUT2D eigenvalue weighted by atomic mass is 15.3. The van der Waals surface area contributed by atoms with Crippen LogP contribution in [0.5, 0.6) is 0 Å². The number of hydrogen-bond acceptors (Lipinski definition) is 4. The SMILES string of the molecule is CC(C)c1ncc(N2CCN(C)CC2)cn1. The van der Waals surface area contributed by atoms with Gasteiger partial charge in [-0.2, -0.15) is 0 Å². The van der Waals surface area contributed by atoms with Gasteiger partial charge in [-0.15, -0.1) is 0 Å². The molecule has 0 spiro atoms. The van der Waals surface area contributed by atoms with Gasteiger partial charge in [0.05, 0.1) is 18.1 Å². The molecule has 1 aliphatic rings. The third-order valence-electron chi connectivity index (χ3n) is 3.04. The number of piperazine rings is 1. The predicted molar refractivity (Wildman–Crippen MR) is 65.8 cm³/mol. The van der Waals surface area contributed by atoms with E-state index < -0.39 is 0 Å². The lowest BCUT2D eigenvalue weighted by molar-refractivity contribution is 0.312. The van der Waals surface area contributed by atoms with Gasteiger partial charge in [0.15, 0.2) is 0 Å². The van der Waals surface area contributed by atoms with Crippen LogP contribution in [-0.2, 0) is 0 Å². The van der Waals surface area contributed by atoms with Gasteiger partial charge in [-0.1, -0.05) is 13.8 Å². The van der Waals surface area contributed by atoms with E-state index in [1.807, 2.05) is 12.4 Å². The second-order valence-electron chi connectivity index (χ2n) is 4.74. The Hall–Kier alpha value is -1.16. The average Bonchev–Trinajstić information content (AvgIpc) is 2.30. The standard InChI is InChI=1S/C12H20N4/c1-10(2)12-13-8-11(9-14-12)16-6-4-15(3)5-7-16/h8-10H,4-7H2,1-3H3. The largest absolute Gasteiger partial charge is 0.366 e. The molecule has 0 bridgehead atoms. The van der Waals surface area contributed by atoms with E-state index >= 15 is 0 Å². The average molecular weight is 220 g/mol. The Morgan fingerprint density at radius 1 is 1.06 bits per heavy atom. The Morgan fingerprint density at radius 2 is 1.62 bits per heavy atom. The highest BCUT2D eigenvalue weighted by molar-refractivity contribution is 5.42. The molecule has 0 amide bonds. The zero-order valence-electron chi connectivity index (χ0n) is 10.3. The van der Waals surface area contributed by atoms with Gasteiger partial charge in [-0.05, 0) is 7.05 Å². The first kappa shape index (κ1) is 11.3. The van der Waals surface area contributed by atoms with Gasteiger partial charge in [0, 0.05) is 32.1 Å². The molecular weight excluding hydrogens is 200 g/mol. The lowest BCUT2D eigenvalue weighted by Gasteiger charge is -2.33. The summed E-state index contributed by atoms with van der Waals surface area (Å²) in [5, 5.41) is 0. The second kappa shape index (κ2) is 4.78. The lowest BCUT2D eigenvalue weighted by Crippen LogP contribution is -2.44. The Bertz CT molecular complexity index is 325. The number of anilines is 1. The minimum atomic E-state index is 0.404. The molecule has 1 saturated heterocycles. The molecule has 1 aromatic rings. The minimum Gasteiger partial charge on any atom is -0.366 e. The Balaban J connectivity index is 2.04. The summed E-state index contributed by atoms with van der Waals surface area (Å²) < 4.78 is 0. The maximum absolute atomic E-state index is 4.41. The third kappa shape index (κ3) is 2.50. The van der Waals surface area contributed by atoms with Crippen molar-refractivity contribution < 1.29 is 0 Å². The molecule has 0 aromatic carbocycles. The number of nitrogens with zero attached hydrogens (tertiary/aromatic N) is 4. The van der Waals surface area contributed by atoms with Crippen LogP contribution in [0.1, 0.15) is 25.6 Å². The molecule has 0 saturated carbocycles. The molecule has 0 aliphatic carbocycles. The van der Waals surface area contributed by atoms with E-state index in [-0.39, 0.29) is 0 Å². The van der Waals surface area contributed by atoms with Crippen LogP contribution in [0.15, 0.2) is 12.4 Å². The molecule has 1 fully saturated rings. The summed E-state index contributed by atoms with van der Waals surface area (Å²) in [7, 11) is 2.16. The predicted octanol–water partition coefficient (Wildman–Crippen LogP) is 1.35. The van der Waals surface area contributed by atoms with Crippen LogP contribution < -0.4 is 4.90 Å². The fourth-order valence-corrected chi connectivity index (χ4v) is 1.86. The van der Waals surface area contributed by atoms with E-state index in [2.05, 4.69) is 40.7 Å². The van der Waals surface area contributed by atoms with Crippen molar-refractivity contribution in [3.05, 3.63) is 18.2 Å². The fraction of sp³-hybridized carbons (Fsp3) is 0.667. The van der Waals surface area contributed by atoms with Crippen molar-refractivity contribution >= 4 is 5.69 Å². The lowest BCUT2D eigenvalue weighted by atomic mass is 10.2. The molecule has 0 radical (unpaired) electrons. The molecule has 1 aromatic heterocycles. The molecule has 2 heterocycles. The van der Waals surface area contributed by atoms with E-state index in [1.165, 1.54) is 0 Å². The first-order valence-electron chi connectivity index (χ1n) is 5.92. The molecule has 16 heavy (non-hydrogen) atoms. The molecule has 2 rings (SSSR count). The summed E-state index contributed by atoms with van der Waals surface area (Å²) in [5.74, 6) is 1.33. The Kier molecular flexibility index (Phi) is 3.39. The summed E-state index contributed by atoms with van der Waals surface area (Å²) in [6.07, 6.45) is 3.90. The highest BCUT2D eigenvalue weighted by Crippen LogP contribution is 2.15. The Morgan fingerprint density at radius 3 is 2.12 bits per heavy atom. The summed E-state index contributed by atoms with van der Waals surface area (Å²) in [5.41, 5.74) is 1.15. The van der Waals surface area contributed by atoms with E-state index in [0.717, 1.165) is 37.7 Å². The van der Waals surface area contributed by atoms with Gasteiger partial charge in [0.2, 0.25) is 0 Å². The van der Waals surface area contributed by atoms with Crippen molar-refractivity contribution in [3.8, 4) is 0 Å². The maximum Gasteiger partial charge on any atom is 0.130 e. The summed E-state index contributed by atoms with van der Waals surface area (Å²) >= 11 is 0. The van der Waals surface area contributed by atoms with Crippen molar-refractivity contribution in [1.82, 2.24) is 14.9 Å². The highest BCUT2D eigenvalue weighted by Gasteiger charge is 2.14. The van der Waals surface area contributed by atoms with Gasteiger partial charge in [0.1, 0.15) is 5.82 Å². The molecule has 0 N–H and O–H groups in total. The molecule has 4 heteroatoms. The van der Waals surface area contributed by atoms with Crippen LogP contribution in [0.4, 0.5) is 5.69 Å². The zero-order chi connectivity index (χ0) is 11.5. The molecule has 1 aliphatic heterocycles. The van der Waals surface area contributed by atoms with Gasteiger partial charge in [-0.25, -0.2) is 9.97 Å². The third-order valence-corrected chi connectivity index (χ3v) is 3.04. The van der Waals surface area contributed by atoms with Crippen molar-refractivity contribution in [3.63, 3.8) is 0 Å². The van der Waals surface area contributed by atoms with E-state index in [4.69, 9.17) is 0 Å². The minimum absolute atomic E-state index is 0.404. The number of likely N-dealkylation sites (N-methyl/N-ethyl adjacent to an activating group) is 1. The van der Waals surface area contributed by atoms with Gasteiger partial charge < -0.3 is 9.80 Å². The van der Waals surface area contributed by atoms with Gasteiger partial charge in [-0.3, -0.25) is 0 Å². The van der Waals surface area contributed by atoms with Gasteiger partial charge >= 0.3 is 0 Å². The van der Waals surface area contributed by atoms with E-state index in [9.17, 15) is 0 Å². The first-order chi connectivity index (χ1) is 7.66. The van der Waals surface area contributed by atoms with Crippen LogP contribution in [0.3, 0.4) is 0 Å². The topological polar surface area (TPSA) is 32.3 Å². The van der Waals surface area contributed by atoms with Gasteiger partial charge in [0.25, 0.3) is 0 Å². The molecule has 4 nitrogen and oxygen atoms in total. The fourth-order valence-electron chi connectivity index (χ4n) is 1.86. The first-order valence-corrected chi connectivity index (χ1v) is 5.92. The number of aromatic nitrogens is 2. The molecule has 88 valence electrons. The summed E-state index contributed by atoms with van der Waals surface area (Å²) in [6.45, 7) is 8.61. The van der Waals surface area contributed by atoms with Crippen LogP contribution in [-0.4, -0.2) is 48.1 Å². The van der Waals surface area contributed by atoms with Crippen LogP contribution >= 0.6 is 0 Å². The monoisotopic (exact) mass is 220 g/mol. The van der Waals surface area contributed by atoms with Crippen molar-refractivity contribution in [2.75, 3.05) is 38.1 Å². The van der Waals surface area contributed by atoms with E-state index in [0.29, 0.717) is 5.92 Å². The quantitative estimate of drug-likeness (QED) is 0.753. The summed E-state index contributed by atoms with van der Waals surface area (Å²) in [4.78, 5) is 13.5. The maximum atomic E-state index is 4.41. The molecule has 0 atom stereocenters. The van der Waals surface area contributed by atoms with Crippen molar-refractivity contribution in [2.24, 2.45) is 0 Å². The van der Waals surface area contributed by atoms with E-state index in [1.54, 1.807) is 0 Å². The zero-order valence-corrected chi connectivity index (χ0v) is 10.3. The van der Waals surface area contributed by atoms with Crippen molar-refractivity contribution in [1.29, 1.82) is 0 Å². The van der Waals surface area contributed by atoms with Crippen LogP contribution in [0, 0.1) is 0 Å². The smallest absolute Gasteiger partial charge is 0.130 e. The van der Waals surface area contributed by atoms with Crippen molar-refractivity contribution in [2.45, 2.75) is 19.8 Å². The number of rotatable bonds is 2. The second-order valence-corrected chi connectivity index (χ2v) is 4.74. The Labute approximate surface area is 97.3 Å².